The van der Waals surface area contributed by atoms with Gasteiger partial charge in [-0.2, -0.15) is 0 Å². The minimum absolute atomic E-state index is 0.129. The van der Waals surface area contributed by atoms with Crippen molar-refractivity contribution >= 4 is 12.0 Å². The average molecular weight is 330 g/mol. The van der Waals surface area contributed by atoms with E-state index in [-0.39, 0.29) is 17.7 Å². The van der Waals surface area contributed by atoms with E-state index in [4.69, 9.17) is 9.47 Å². The van der Waals surface area contributed by atoms with Crippen LogP contribution >= 0.6 is 0 Å². The summed E-state index contributed by atoms with van der Waals surface area (Å²) in [5, 5.41) is 0. The van der Waals surface area contributed by atoms with Crippen molar-refractivity contribution < 1.29 is 14.3 Å². The zero-order valence-corrected chi connectivity index (χ0v) is 15.2. The van der Waals surface area contributed by atoms with Crippen LogP contribution in [-0.4, -0.2) is 17.7 Å². The van der Waals surface area contributed by atoms with Gasteiger partial charge in [-0.15, -0.1) is 0 Å². The molecule has 1 aromatic carbocycles. The van der Waals surface area contributed by atoms with Crippen LogP contribution in [-0.2, 0) is 9.53 Å². The van der Waals surface area contributed by atoms with Crippen LogP contribution in [0.5, 0.6) is 5.75 Å². The van der Waals surface area contributed by atoms with E-state index >= 15 is 0 Å². The monoisotopic (exact) mass is 330 g/mol. The van der Waals surface area contributed by atoms with Crippen molar-refractivity contribution in [1.82, 2.24) is 0 Å². The molecular weight excluding hydrogens is 300 g/mol. The van der Waals surface area contributed by atoms with Crippen LogP contribution in [0.2, 0.25) is 0 Å². The summed E-state index contributed by atoms with van der Waals surface area (Å²) in [6.45, 7) is 13.2. The maximum absolute atomic E-state index is 10.7. The van der Waals surface area contributed by atoms with Gasteiger partial charge in [0, 0.05) is 6.08 Å². The molecule has 2 rings (SSSR count). The number of hydrogen-bond donors (Lipinski definition) is 0. The van der Waals surface area contributed by atoms with E-state index in [0.717, 1.165) is 24.2 Å². The Balaban J connectivity index is 0.000000243. The third kappa shape index (κ3) is 8.56. The minimum atomic E-state index is -0.281. The first-order chi connectivity index (χ1) is 11.3. The molecule has 0 N–H and O–H groups in total. The third-order valence-corrected chi connectivity index (χ3v) is 3.54. The van der Waals surface area contributed by atoms with Gasteiger partial charge in [-0.05, 0) is 64.2 Å². The van der Waals surface area contributed by atoms with Crippen molar-refractivity contribution in [3.05, 3.63) is 49.1 Å². The van der Waals surface area contributed by atoms with Crippen molar-refractivity contribution in [1.29, 1.82) is 0 Å². The number of carbonyl (C=O) groups is 1. The van der Waals surface area contributed by atoms with Crippen LogP contribution in [0.3, 0.4) is 0 Å². The van der Waals surface area contributed by atoms with Crippen LogP contribution in [0.25, 0.3) is 6.08 Å². The van der Waals surface area contributed by atoms with Gasteiger partial charge in [0.05, 0.1) is 0 Å². The standard InChI is InChI=1S/C12H16O.C9H14O2/c1-5-10-6-8-11(9-7-10)13-12(2,3)4;1-2-9(10)11-8-6-4-3-5-7-8/h5-9H,1H2,2-4H3;2,8H,1,3-7H2. The molecule has 1 aliphatic rings. The summed E-state index contributed by atoms with van der Waals surface area (Å²) < 4.78 is 10.8. The first kappa shape index (κ1) is 20.0. The Morgan fingerprint density at radius 1 is 1.08 bits per heavy atom. The second kappa shape index (κ2) is 9.96. The lowest BCUT2D eigenvalue weighted by atomic mass is 9.98. The summed E-state index contributed by atoms with van der Waals surface area (Å²) >= 11 is 0. The molecule has 0 atom stereocenters. The fourth-order valence-corrected chi connectivity index (χ4v) is 2.42. The van der Waals surface area contributed by atoms with Crippen molar-refractivity contribution in [3.8, 4) is 5.75 Å². The van der Waals surface area contributed by atoms with E-state index < -0.39 is 0 Å². The summed E-state index contributed by atoms with van der Waals surface area (Å²) in [4.78, 5) is 10.7. The van der Waals surface area contributed by atoms with Gasteiger partial charge in [0.1, 0.15) is 17.5 Å². The van der Waals surface area contributed by atoms with E-state index in [1.165, 1.54) is 25.3 Å². The molecule has 0 heterocycles. The number of benzene rings is 1. The molecule has 1 saturated carbocycles. The zero-order chi connectivity index (χ0) is 18.0. The molecule has 3 heteroatoms. The number of ether oxygens (including phenoxy) is 2. The second-order valence-corrected chi connectivity index (χ2v) is 6.89. The minimum Gasteiger partial charge on any atom is -0.488 e. The summed E-state index contributed by atoms with van der Waals surface area (Å²) in [5.74, 6) is 0.620. The first-order valence-electron chi connectivity index (χ1n) is 8.58. The van der Waals surface area contributed by atoms with E-state index in [1.54, 1.807) is 0 Å². The highest BCUT2D eigenvalue weighted by atomic mass is 16.5. The molecule has 3 nitrogen and oxygen atoms in total. The van der Waals surface area contributed by atoms with E-state index in [9.17, 15) is 4.79 Å². The molecule has 1 aromatic rings. The largest absolute Gasteiger partial charge is 0.488 e. The van der Waals surface area contributed by atoms with Gasteiger partial charge in [0.2, 0.25) is 0 Å². The van der Waals surface area contributed by atoms with Crippen molar-refractivity contribution in [2.75, 3.05) is 0 Å². The maximum Gasteiger partial charge on any atom is 0.330 e. The van der Waals surface area contributed by atoms with Crippen LogP contribution in [0.1, 0.15) is 58.4 Å². The molecule has 0 aliphatic heterocycles. The summed E-state index contributed by atoms with van der Waals surface area (Å²) in [5.41, 5.74) is 0.983. The average Bonchev–Trinajstić information content (AvgIpc) is 2.55. The lowest BCUT2D eigenvalue weighted by Crippen LogP contribution is -2.22. The fraction of sp³-hybridized carbons (Fsp3) is 0.476. The highest BCUT2D eigenvalue weighted by Gasteiger charge is 2.15. The molecule has 0 bridgehead atoms. The Bertz CT molecular complexity index is 517. The zero-order valence-electron chi connectivity index (χ0n) is 15.2. The molecule has 0 spiro atoms. The molecule has 0 amide bonds. The van der Waals surface area contributed by atoms with Gasteiger partial charge in [-0.3, -0.25) is 0 Å². The molecule has 132 valence electrons. The normalized spacial score (nSPS) is 14.8. The highest BCUT2D eigenvalue weighted by molar-refractivity contribution is 5.81. The van der Waals surface area contributed by atoms with Crippen LogP contribution in [0.15, 0.2) is 43.5 Å². The summed E-state index contributed by atoms with van der Waals surface area (Å²) in [6.07, 6.45) is 8.93. The summed E-state index contributed by atoms with van der Waals surface area (Å²) in [7, 11) is 0. The molecular formula is C21H30O3. The Kier molecular flexibility index (Phi) is 8.31. The lowest BCUT2D eigenvalue weighted by molar-refractivity contribution is -0.144. The van der Waals surface area contributed by atoms with Crippen molar-refractivity contribution in [3.63, 3.8) is 0 Å². The topological polar surface area (TPSA) is 35.5 Å². The maximum atomic E-state index is 10.7. The van der Waals surface area contributed by atoms with Gasteiger partial charge < -0.3 is 9.47 Å². The second-order valence-electron chi connectivity index (χ2n) is 6.89. The van der Waals surface area contributed by atoms with Crippen LogP contribution in [0.4, 0.5) is 0 Å². The lowest BCUT2D eigenvalue weighted by Gasteiger charge is -2.21. The van der Waals surface area contributed by atoms with E-state index in [1.807, 2.05) is 51.1 Å². The molecule has 0 radical (unpaired) electrons. The molecule has 0 aromatic heterocycles. The first-order valence-corrected chi connectivity index (χ1v) is 8.58. The highest BCUT2D eigenvalue weighted by Crippen LogP contribution is 2.20. The van der Waals surface area contributed by atoms with Gasteiger partial charge in [0.25, 0.3) is 0 Å². The third-order valence-electron chi connectivity index (χ3n) is 3.54. The number of esters is 1. The number of rotatable bonds is 4. The number of carbonyl (C=O) groups excluding carboxylic acids is 1. The van der Waals surface area contributed by atoms with Crippen LogP contribution < -0.4 is 4.74 Å². The predicted molar refractivity (Wildman–Crippen MR) is 100 cm³/mol. The van der Waals surface area contributed by atoms with Gasteiger partial charge in [-0.1, -0.05) is 37.8 Å². The summed E-state index contributed by atoms with van der Waals surface area (Å²) in [6, 6.07) is 7.91. The Labute approximate surface area is 146 Å². The Hall–Kier alpha value is -2.03. The van der Waals surface area contributed by atoms with Crippen LogP contribution in [0, 0.1) is 0 Å². The quantitative estimate of drug-likeness (QED) is 0.536. The molecule has 1 aliphatic carbocycles. The van der Waals surface area contributed by atoms with Crippen molar-refractivity contribution in [2.24, 2.45) is 0 Å². The molecule has 0 saturated heterocycles. The van der Waals surface area contributed by atoms with Gasteiger partial charge in [0.15, 0.2) is 0 Å². The van der Waals surface area contributed by atoms with Gasteiger partial charge in [-0.25, -0.2) is 4.79 Å². The van der Waals surface area contributed by atoms with Gasteiger partial charge >= 0.3 is 5.97 Å². The fourth-order valence-electron chi connectivity index (χ4n) is 2.42. The van der Waals surface area contributed by atoms with E-state index in [0.29, 0.717) is 0 Å². The van der Waals surface area contributed by atoms with E-state index in [2.05, 4.69) is 13.2 Å². The smallest absolute Gasteiger partial charge is 0.330 e. The molecule has 1 fully saturated rings. The predicted octanol–water partition coefficient (Wildman–Crippen LogP) is 5.56. The Morgan fingerprint density at radius 3 is 2.12 bits per heavy atom. The Morgan fingerprint density at radius 2 is 1.67 bits per heavy atom. The molecule has 0 unspecified atom stereocenters. The van der Waals surface area contributed by atoms with Crippen molar-refractivity contribution in [2.45, 2.75) is 64.6 Å². The number of hydrogen-bond acceptors (Lipinski definition) is 3. The SMILES string of the molecule is C=CC(=O)OC1CCCCC1.C=Cc1ccc(OC(C)(C)C)cc1. The molecule has 24 heavy (non-hydrogen) atoms.